The Bertz CT molecular complexity index is 510. The van der Waals surface area contributed by atoms with Gasteiger partial charge in [-0.15, -0.1) is 0 Å². The van der Waals surface area contributed by atoms with E-state index in [9.17, 15) is 4.79 Å². The van der Waals surface area contributed by atoms with Gasteiger partial charge in [0.05, 0.1) is 12.7 Å². The predicted molar refractivity (Wildman–Crippen MR) is 64.6 cm³/mol. The third-order valence-corrected chi connectivity index (χ3v) is 2.48. The molecule has 0 unspecified atom stereocenters. The lowest BCUT2D eigenvalue weighted by atomic mass is 10.3. The highest BCUT2D eigenvalue weighted by Gasteiger charge is 1.99. The molecule has 76 valence electrons. The van der Waals surface area contributed by atoms with Gasteiger partial charge < -0.3 is 0 Å². The molecule has 0 radical (unpaired) electrons. The summed E-state index contributed by atoms with van der Waals surface area (Å²) in [7, 11) is 0. The van der Waals surface area contributed by atoms with Crippen LogP contribution >= 0.6 is 22.6 Å². The van der Waals surface area contributed by atoms with Crippen molar-refractivity contribution in [2.24, 2.45) is 0 Å². The van der Waals surface area contributed by atoms with E-state index in [-0.39, 0.29) is 5.56 Å². The first-order valence-electron chi connectivity index (χ1n) is 4.37. The summed E-state index contributed by atoms with van der Waals surface area (Å²) in [5.74, 6) is 0. The van der Waals surface area contributed by atoms with Gasteiger partial charge in [0.25, 0.3) is 5.56 Å². The molecular formula is C10H8IN3O. The lowest BCUT2D eigenvalue weighted by molar-refractivity contribution is 0.635. The van der Waals surface area contributed by atoms with Gasteiger partial charge in [-0.2, -0.15) is 5.10 Å². The molecule has 2 rings (SSSR count). The van der Waals surface area contributed by atoms with Gasteiger partial charge in [-0.1, -0.05) is 6.07 Å². The van der Waals surface area contributed by atoms with E-state index >= 15 is 0 Å². The largest absolute Gasteiger partial charge is 0.268 e. The minimum atomic E-state index is -0.0919. The van der Waals surface area contributed by atoms with Crippen molar-refractivity contribution in [1.29, 1.82) is 0 Å². The molecule has 4 nitrogen and oxygen atoms in total. The first-order chi connectivity index (χ1) is 7.25. The van der Waals surface area contributed by atoms with Crippen LogP contribution in [0.25, 0.3) is 0 Å². The molecule has 0 bridgehead atoms. The van der Waals surface area contributed by atoms with E-state index in [1.807, 2.05) is 12.1 Å². The monoisotopic (exact) mass is 313 g/mol. The van der Waals surface area contributed by atoms with Crippen molar-refractivity contribution in [2.45, 2.75) is 6.54 Å². The Morgan fingerprint density at radius 1 is 1.40 bits per heavy atom. The molecule has 0 amide bonds. The molecular weight excluding hydrogens is 305 g/mol. The molecule has 0 aliphatic carbocycles. The molecule has 0 spiro atoms. The fourth-order valence-corrected chi connectivity index (χ4v) is 1.59. The first kappa shape index (κ1) is 10.3. The first-order valence-corrected chi connectivity index (χ1v) is 5.45. The van der Waals surface area contributed by atoms with Gasteiger partial charge in [-0.25, -0.2) is 4.68 Å². The fourth-order valence-electron chi connectivity index (χ4n) is 1.19. The van der Waals surface area contributed by atoms with Crippen molar-refractivity contribution < 1.29 is 0 Å². The van der Waals surface area contributed by atoms with Gasteiger partial charge in [0.2, 0.25) is 0 Å². The van der Waals surface area contributed by atoms with E-state index in [1.54, 1.807) is 24.7 Å². The van der Waals surface area contributed by atoms with Crippen molar-refractivity contribution in [3.05, 3.63) is 56.3 Å². The van der Waals surface area contributed by atoms with Crippen molar-refractivity contribution in [3.63, 3.8) is 0 Å². The number of halogens is 1. The van der Waals surface area contributed by atoms with Crippen LogP contribution in [0.2, 0.25) is 0 Å². The highest BCUT2D eigenvalue weighted by Crippen LogP contribution is 1.99. The Morgan fingerprint density at radius 3 is 2.93 bits per heavy atom. The molecule has 0 saturated carbocycles. The second-order valence-electron chi connectivity index (χ2n) is 3.03. The van der Waals surface area contributed by atoms with Crippen LogP contribution in [0.5, 0.6) is 0 Å². The summed E-state index contributed by atoms with van der Waals surface area (Å²) in [6.45, 7) is 0.462. The smallest absolute Gasteiger partial charge is 0.268 e. The predicted octanol–water partition coefficient (Wildman–Crippen LogP) is 1.29. The maximum atomic E-state index is 11.5. The third-order valence-electron chi connectivity index (χ3n) is 1.89. The molecule has 0 N–H and O–H groups in total. The minimum absolute atomic E-state index is 0.0919. The summed E-state index contributed by atoms with van der Waals surface area (Å²) >= 11 is 2.06. The Hall–Kier alpha value is -1.24. The summed E-state index contributed by atoms with van der Waals surface area (Å²) in [5, 5.41) is 4.04. The summed E-state index contributed by atoms with van der Waals surface area (Å²) < 4.78 is 2.26. The van der Waals surface area contributed by atoms with Gasteiger partial charge in [-0.05, 0) is 34.2 Å². The maximum absolute atomic E-state index is 11.5. The molecule has 0 fully saturated rings. The number of aromatic nitrogens is 3. The standard InChI is InChI=1S/C10H8IN3O/c11-9-4-10(15)14(13-6-9)7-8-2-1-3-12-5-8/h1-6H,7H2. The highest BCUT2D eigenvalue weighted by atomic mass is 127. The lowest BCUT2D eigenvalue weighted by Crippen LogP contribution is -2.22. The number of hydrogen-bond donors (Lipinski definition) is 0. The van der Waals surface area contributed by atoms with Crippen LogP contribution in [0.3, 0.4) is 0 Å². The second-order valence-corrected chi connectivity index (χ2v) is 4.28. The van der Waals surface area contributed by atoms with E-state index in [1.165, 1.54) is 4.68 Å². The normalized spacial score (nSPS) is 10.2. The lowest BCUT2D eigenvalue weighted by Gasteiger charge is -2.03. The highest BCUT2D eigenvalue weighted by molar-refractivity contribution is 14.1. The fraction of sp³-hybridized carbons (Fsp3) is 0.100. The summed E-state index contributed by atoms with van der Waals surface area (Å²) in [5.41, 5.74) is 0.874. The van der Waals surface area contributed by atoms with Crippen LogP contribution in [-0.2, 0) is 6.54 Å². The summed E-state index contributed by atoms with van der Waals surface area (Å²) in [6, 6.07) is 5.32. The van der Waals surface area contributed by atoms with Crippen molar-refractivity contribution in [2.75, 3.05) is 0 Å². The van der Waals surface area contributed by atoms with Crippen molar-refractivity contribution in [3.8, 4) is 0 Å². The van der Waals surface area contributed by atoms with E-state index in [2.05, 4.69) is 32.7 Å². The minimum Gasteiger partial charge on any atom is -0.268 e. The molecule has 0 aromatic carbocycles. The average molecular weight is 313 g/mol. The zero-order valence-electron chi connectivity index (χ0n) is 7.80. The zero-order valence-corrected chi connectivity index (χ0v) is 9.96. The molecule has 0 aliphatic rings. The van der Waals surface area contributed by atoms with Gasteiger partial charge in [0.1, 0.15) is 0 Å². The van der Waals surface area contributed by atoms with Gasteiger partial charge in [0, 0.05) is 22.0 Å². The Balaban J connectivity index is 2.29. The second kappa shape index (κ2) is 4.52. The molecule has 0 saturated heterocycles. The van der Waals surface area contributed by atoms with E-state index in [0.29, 0.717) is 6.54 Å². The summed E-state index contributed by atoms with van der Waals surface area (Å²) in [4.78, 5) is 15.5. The topological polar surface area (TPSA) is 47.8 Å². The van der Waals surface area contributed by atoms with Gasteiger partial charge in [0.15, 0.2) is 0 Å². The van der Waals surface area contributed by atoms with Gasteiger partial charge >= 0.3 is 0 Å². The molecule has 0 atom stereocenters. The Labute approximate surface area is 100 Å². The number of pyridine rings is 1. The van der Waals surface area contributed by atoms with Crippen LogP contribution in [0.15, 0.2) is 41.6 Å². The van der Waals surface area contributed by atoms with Crippen LogP contribution in [0, 0.1) is 3.57 Å². The van der Waals surface area contributed by atoms with Crippen LogP contribution in [0.4, 0.5) is 0 Å². The van der Waals surface area contributed by atoms with Crippen LogP contribution < -0.4 is 5.56 Å². The van der Waals surface area contributed by atoms with E-state index in [0.717, 1.165) is 9.13 Å². The molecule has 15 heavy (non-hydrogen) atoms. The average Bonchev–Trinajstić information content (AvgIpc) is 2.24. The SMILES string of the molecule is O=c1cc(I)cnn1Cc1cccnc1. The van der Waals surface area contributed by atoms with Crippen LogP contribution in [-0.4, -0.2) is 14.8 Å². The van der Waals surface area contributed by atoms with Crippen molar-refractivity contribution in [1.82, 2.24) is 14.8 Å². The molecule has 2 aromatic heterocycles. The number of hydrogen-bond acceptors (Lipinski definition) is 3. The van der Waals surface area contributed by atoms with E-state index < -0.39 is 0 Å². The molecule has 0 aliphatic heterocycles. The zero-order chi connectivity index (χ0) is 10.7. The van der Waals surface area contributed by atoms with Crippen molar-refractivity contribution >= 4 is 22.6 Å². The Kier molecular flexibility index (Phi) is 3.10. The number of rotatable bonds is 2. The van der Waals surface area contributed by atoms with Crippen LogP contribution in [0.1, 0.15) is 5.56 Å². The quantitative estimate of drug-likeness (QED) is 0.785. The molecule has 2 aromatic rings. The molecule has 2 heterocycles. The molecule has 5 heteroatoms. The van der Waals surface area contributed by atoms with E-state index in [4.69, 9.17) is 0 Å². The number of nitrogens with zero attached hydrogens (tertiary/aromatic N) is 3. The summed E-state index contributed by atoms with van der Waals surface area (Å²) in [6.07, 6.45) is 5.10. The Morgan fingerprint density at radius 2 is 2.27 bits per heavy atom. The maximum Gasteiger partial charge on any atom is 0.268 e. The third kappa shape index (κ3) is 2.62. The van der Waals surface area contributed by atoms with Gasteiger partial charge in [-0.3, -0.25) is 9.78 Å².